The van der Waals surface area contributed by atoms with Gasteiger partial charge < -0.3 is 19.5 Å². The van der Waals surface area contributed by atoms with Gasteiger partial charge in [0.25, 0.3) is 0 Å². The van der Waals surface area contributed by atoms with Crippen molar-refractivity contribution in [3.05, 3.63) is 95.1 Å². The molecular formula is C30H32F2N2O5S. The summed E-state index contributed by atoms with van der Waals surface area (Å²) in [4.78, 5) is 6.53. The first kappa shape index (κ1) is 29.4. The second-order valence-electron chi connectivity index (χ2n) is 10.00. The lowest BCUT2D eigenvalue weighted by Crippen LogP contribution is -2.38. The third-order valence-electron chi connectivity index (χ3n) is 6.98. The van der Waals surface area contributed by atoms with Gasteiger partial charge in [-0.1, -0.05) is 24.3 Å². The highest BCUT2D eigenvalue weighted by molar-refractivity contribution is 7.90. The summed E-state index contributed by atoms with van der Waals surface area (Å²) in [7, 11) is 2.87. The molecule has 0 aliphatic heterocycles. The van der Waals surface area contributed by atoms with Crippen molar-refractivity contribution in [3.8, 4) is 11.6 Å². The Morgan fingerprint density at radius 2 is 1.70 bits per heavy atom. The summed E-state index contributed by atoms with van der Waals surface area (Å²) in [6.45, 7) is 0.372. The number of aliphatic hydroxyl groups is 1. The van der Waals surface area contributed by atoms with Crippen molar-refractivity contribution in [1.29, 1.82) is 0 Å². The van der Waals surface area contributed by atoms with Gasteiger partial charge in [0.05, 0.1) is 30.5 Å². The second-order valence-corrected chi connectivity index (χ2v) is 12.0. The number of fused-ring (bicyclic) bond motifs is 1. The van der Waals surface area contributed by atoms with Crippen LogP contribution in [-0.2, 0) is 15.4 Å². The number of nitrogens with zero attached hydrogens (tertiary/aromatic N) is 2. The number of methoxy groups -OCH3 is 2. The number of hydrogen-bond acceptors (Lipinski definition) is 7. The standard InChI is InChI=1S/C30H32F2N2O5S/c1-34(2)15-14-30(35,20-8-6-9-21(31)18-20)27(23-10-7-11-26(38-3)28(23)32)24-17-19-16-22(40(5,36)37)12-13-25(19)33-29(24)39-4/h6-13,16-18,27,35H,14-15H2,1-5H3/t27-,30+/m0/s1. The van der Waals surface area contributed by atoms with E-state index >= 15 is 4.39 Å². The molecule has 1 heterocycles. The average molecular weight is 571 g/mol. The number of sulfone groups is 1. The first-order valence-corrected chi connectivity index (χ1v) is 14.4. The van der Waals surface area contributed by atoms with Gasteiger partial charge in [-0.2, -0.15) is 0 Å². The Labute approximate surface area is 232 Å². The van der Waals surface area contributed by atoms with Crippen LogP contribution >= 0.6 is 0 Å². The molecule has 0 aliphatic rings. The van der Waals surface area contributed by atoms with Crippen molar-refractivity contribution in [2.45, 2.75) is 22.8 Å². The lowest BCUT2D eigenvalue weighted by Gasteiger charge is -2.39. The molecule has 0 amide bonds. The SMILES string of the molecule is COc1cccc([C@@H](c2cc3cc(S(C)(=O)=O)ccc3nc2OC)[C@@](O)(CCN(C)C)c2cccc(F)c2)c1F. The zero-order valence-electron chi connectivity index (χ0n) is 23.0. The van der Waals surface area contributed by atoms with Crippen LogP contribution in [0.3, 0.4) is 0 Å². The molecule has 0 spiro atoms. The average Bonchev–Trinajstić information content (AvgIpc) is 2.91. The third kappa shape index (κ3) is 5.79. The summed E-state index contributed by atoms with van der Waals surface area (Å²) in [5.74, 6) is -2.37. The van der Waals surface area contributed by atoms with Crippen molar-refractivity contribution >= 4 is 20.7 Å². The van der Waals surface area contributed by atoms with Crippen molar-refractivity contribution in [2.24, 2.45) is 0 Å². The number of halogens is 2. The maximum Gasteiger partial charge on any atom is 0.217 e. The molecule has 0 saturated carbocycles. The van der Waals surface area contributed by atoms with Gasteiger partial charge in [-0.15, -0.1) is 0 Å². The van der Waals surface area contributed by atoms with Crippen molar-refractivity contribution in [3.63, 3.8) is 0 Å². The minimum absolute atomic E-state index is 0.0382. The van der Waals surface area contributed by atoms with Gasteiger partial charge >= 0.3 is 0 Å². The van der Waals surface area contributed by atoms with Crippen molar-refractivity contribution < 1.29 is 31.8 Å². The van der Waals surface area contributed by atoms with Crippen LogP contribution in [-0.4, -0.2) is 64.5 Å². The molecule has 1 aromatic heterocycles. The Kier molecular flexibility index (Phi) is 8.44. The highest BCUT2D eigenvalue weighted by Crippen LogP contribution is 2.49. The lowest BCUT2D eigenvalue weighted by molar-refractivity contribution is 0.00255. The van der Waals surface area contributed by atoms with Gasteiger partial charge in [0.15, 0.2) is 21.4 Å². The molecule has 0 aliphatic carbocycles. The number of hydrogen-bond donors (Lipinski definition) is 1. The summed E-state index contributed by atoms with van der Waals surface area (Å²) in [5.41, 5.74) is -0.827. The number of ether oxygens (including phenoxy) is 2. The first-order chi connectivity index (χ1) is 18.9. The van der Waals surface area contributed by atoms with Gasteiger partial charge in [-0.25, -0.2) is 22.2 Å². The molecule has 1 N–H and O–H groups in total. The van der Waals surface area contributed by atoms with Crippen LogP contribution in [0, 0.1) is 11.6 Å². The Morgan fingerprint density at radius 1 is 0.975 bits per heavy atom. The van der Waals surface area contributed by atoms with E-state index in [2.05, 4.69) is 4.98 Å². The van der Waals surface area contributed by atoms with E-state index in [0.717, 1.165) is 6.26 Å². The number of benzene rings is 3. The van der Waals surface area contributed by atoms with E-state index in [1.807, 2.05) is 19.0 Å². The smallest absolute Gasteiger partial charge is 0.217 e. The molecule has 4 rings (SSSR count). The molecule has 0 fully saturated rings. The van der Waals surface area contributed by atoms with Gasteiger partial charge in [0, 0.05) is 29.3 Å². The van der Waals surface area contributed by atoms with Gasteiger partial charge in [-0.3, -0.25) is 0 Å². The Balaban J connectivity index is 2.12. The van der Waals surface area contributed by atoms with Gasteiger partial charge in [0.2, 0.25) is 5.88 Å². The van der Waals surface area contributed by atoms with Crippen molar-refractivity contribution in [2.75, 3.05) is 41.1 Å². The molecular weight excluding hydrogens is 538 g/mol. The Hall–Kier alpha value is -3.60. The minimum Gasteiger partial charge on any atom is -0.494 e. The molecule has 40 heavy (non-hydrogen) atoms. The predicted molar refractivity (Wildman–Crippen MR) is 150 cm³/mol. The van der Waals surface area contributed by atoms with Crippen LogP contribution in [0.1, 0.15) is 29.0 Å². The summed E-state index contributed by atoms with van der Waals surface area (Å²) in [6.07, 6.45) is 1.18. The Morgan fingerprint density at radius 3 is 2.33 bits per heavy atom. The Bertz CT molecular complexity index is 1640. The monoisotopic (exact) mass is 570 g/mol. The highest BCUT2D eigenvalue weighted by Gasteiger charge is 2.44. The predicted octanol–water partition coefficient (Wildman–Crippen LogP) is 4.91. The molecule has 0 saturated heterocycles. The zero-order chi connectivity index (χ0) is 29.2. The highest BCUT2D eigenvalue weighted by atomic mass is 32.2. The third-order valence-corrected chi connectivity index (χ3v) is 8.09. The summed E-state index contributed by atoms with van der Waals surface area (Å²) >= 11 is 0. The quantitative estimate of drug-likeness (QED) is 0.290. The second kappa shape index (κ2) is 11.5. The topological polar surface area (TPSA) is 89.0 Å². The number of pyridine rings is 1. The molecule has 2 atom stereocenters. The summed E-state index contributed by atoms with van der Waals surface area (Å²) in [6, 6.07) is 16.3. The number of aromatic nitrogens is 1. The van der Waals surface area contributed by atoms with Gasteiger partial charge in [0.1, 0.15) is 11.4 Å². The molecule has 4 aromatic rings. The molecule has 212 valence electrons. The first-order valence-electron chi connectivity index (χ1n) is 12.5. The number of rotatable bonds is 10. The molecule has 7 nitrogen and oxygen atoms in total. The normalized spacial score (nSPS) is 14.2. The molecule has 0 radical (unpaired) electrons. The fraction of sp³-hybridized carbons (Fsp3) is 0.300. The van der Waals surface area contributed by atoms with E-state index in [1.165, 1.54) is 56.7 Å². The van der Waals surface area contributed by atoms with Crippen LogP contribution in [0.25, 0.3) is 10.9 Å². The van der Waals surface area contributed by atoms with Crippen LogP contribution < -0.4 is 9.47 Å². The van der Waals surface area contributed by atoms with E-state index in [4.69, 9.17) is 9.47 Å². The van der Waals surface area contributed by atoms with Crippen LogP contribution in [0.4, 0.5) is 8.78 Å². The zero-order valence-corrected chi connectivity index (χ0v) is 23.8. The van der Waals surface area contributed by atoms with Crippen LogP contribution in [0.5, 0.6) is 11.6 Å². The van der Waals surface area contributed by atoms with E-state index < -0.39 is 33.0 Å². The van der Waals surface area contributed by atoms with E-state index in [-0.39, 0.29) is 34.1 Å². The van der Waals surface area contributed by atoms with E-state index in [0.29, 0.717) is 23.0 Å². The van der Waals surface area contributed by atoms with Gasteiger partial charge in [-0.05, 0) is 68.5 Å². The van der Waals surface area contributed by atoms with E-state index in [9.17, 15) is 17.9 Å². The van der Waals surface area contributed by atoms with Crippen molar-refractivity contribution in [1.82, 2.24) is 9.88 Å². The fourth-order valence-corrected chi connectivity index (χ4v) is 5.61. The maximum absolute atomic E-state index is 16.0. The summed E-state index contributed by atoms with van der Waals surface area (Å²) in [5, 5.41) is 13.1. The fourth-order valence-electron chi connectivity index (χ4n) is 4.95. The molecule has 3 aromatic carbocycles. The van der Waals surface area contributed by atoms with E-state index in [1.54, 1.807) is 24.3 Å². The molecule has 10 heteroatoms. The van der Waals surface area contributed by atoms with Crippen LogP contribution in [0.2, 0.25) is 0 Å². The summed E-state index contributed by atoms with van der Waals surface area (Å²) < 4.78 is 66.1. The molecule has 0 unspecified atom stereocenters. The van der Waals surface area contributed by atoms with Crippen LogP contribution in [0.15, 0.2) is 71.6 Å². The lowest BCUT2D eigenvalue weighted by atomic mass is 9.71. The maximum atomic E-state index is 16.0. The molecule has 0 bridgehead atoms. The largest absolute Gasteiger partial charge is 0.494 e. The minimum atomic E-state index is -3.54.